The van der Waals surface area contributed by atoms with Crippen molar-refractivity contribution in [3.05, 3.63) is 0 Å². The molecule has 2 fully saturated rings. The standard InChI is InChI=1S/C11H22N2/c1-11-7-5-8-12-10(11)6-3-4-9-13(11)2/h10,12H,3-9H2,1-2H3/t10-,11-/m0/s1. The van der Waals surface area contributed by atoms with Crippen LogP contribution < -0.4 is 5.32 Å². The van der Waals surface area contributed by atoms with Gasteiger partial charge in [0.2, 0.25) is 0 Å². The molecule has 2 saturated heterocycles. The summed E-state index contributed by atoms with van der Waals surface area (Å²) in [5.41, 5.74) is 0.439. The molecule has 0 aliphatic carbocycles. The van der Waals surface area contributed by atoms with Gasteiger partial charge in [0.05, 0.1) is 0 Å². The maximum absolute atomic E-state index is 3.69. The fourth-order valence-corrected chi connectivity index (χ4v) is 2.94. The molecule has 0 saturated carbocycles. The first kappa shape index (κ1) is 9.47. The Kier molecular flexibility index (Phi) is 2.61. The van der Waals surface area contributed by atoms with Crippen molar-refractivity contribution in [1.29, 1.82) is 0 Å². The van der Waals surface area contributed by atoms with E-state index in [-0.39, 0.29) is 0 Å². The van der Waals surface area contributed by atoms with Crippen molar-refractivity contribution in [2.45, 2.75) is 50.6 Å². The SMILES string of the molecule is CN1CCCC[C@@H]2NCCC[C@@]21C. The summed E-state index contributed by atoms with van der Waals surface area (Å²) in [7, 11) is 2.30. The molecule has 2 heterocycles. The number of fused-ring (bicyclic) bond motifs is 1. The minimum absolute atomic E-state index is 0.439. The second-order valence-electron chi connectivity index (χ2n) is 4.88. The summed E-state index contributed by atoms with van der Waals surface area (Å²) in [6, 6.07) is 0.744. The smallest absolute Gasteiger partial charge is 0.0331 e. The van der Waals surface area contributed by atoms with Crippen LogP contribution in [0.15, 0.2) is 0 Å². The highest BCUT2D eigenvalue weighted by atomic mass is 15.2. The zero-order chi connectivity index (χ0) is 9.31. The van der Waals surface area contributed by atoms with Crippen LogP contribution in [-0.2, 0) is 0 Å². The molecule has 2 atom stereocenters. The van der Waals surface area contributed by atoms with Gasteiger partial charge in [0.1, 0.15) is 0 Å². The van der Waals surface area contributed by atoms with Crippen LogP contribution in [-0.4, -0.2) is 36.6 Å². The van der Waals surface area contributed by atoms with Crippen LogP contribution in [0.3, 0.4) is 0 Å². The number of nitrogens with one attached hydrogen (secondary N) is 1. The normalized spacial score (nSPS) is 42.5. The fraction of sp³-hybridized carbons (Fsp3) is 1.00. The van der Waals surface area contributed by atoms with Crippen LogP contribution in [0.25, 0.3) is 0 Å². The van der Waals surface area contributed by atoms with E-state index in [1.54, 1.807) is 0 Å². The molecule has 2 heteroatoms. The first-order chi connectivity index (χ1) is 6.23. The first-order valence-electron chi connectivity index (χ1n) is 5.68. The molecule has 0 unspecified atom stereocenters. The van der Waals surface area contributed by atoms with Crippen molar-refractivity contribution in [1.82, 2.24) is 10.2 Å². The summed E-state index contributed by atoms with van der Waals surface area (Å²) in [5, 5.41) is 3.69. The number of piperidine rings is 1. The van der Waals surface area contributed by atoms with E-state index in [1.165, 1.54) is 45.2 Å². The second-order valence-corrected chi connectivity index (χ2v) is 4.88. The molecule has 2 aliphatic rings. The number of hydrogen-bond acceptors (Lipinski definition) is 2. The maximum Gasteiger partial charge on any atom is 0.0331 e. The molecule has 0 aromatic heterocycles. The molecule has 0 aromatic carbocycles. The van der Waals surface area contributed by atoms with Gasteiger partial charge in [-0.05, 0) is 52.7 Å². The number of rotatable bonds is 0. The monoisotopic (exact) mass is 182 g/mol. The maximum atomic E-state index is 3.69. The summed E-state index contributed by atoms with van der Waals surface area (Å²) >= 11 is 0. The van der Waals surface area contributed by atoms with Crippen molar-refractivity contribution in [2.24, 2.45) is 0 Å². The summed E-state index contributed by atoms with van der Waals surface area (Å²) in [6.07, 6.45) is 6.88. The van der Waals surface area contributed by atoms with Crippen LogP contribution in [0.2, 0.25) is 0 Å². The van der Waals surface area contributed by atoms with Crippen LogP contribution in [0.4, 0.5) is 0 Å². The number of hydrogen-bond donors (Lipinski definition) is 1. The Morgan fingerprint density at radius 3 is 3.00 bits per heavy atom. The minimum atomic E-state index is 0.439. The Labute approximate surface area is 81.7 Å². The van der Waals surface area contributed by atoms with Crippen LogP contribution >= 0.6 is 0 Å². The summed E-state index contributed by atoms with van der Waals surface area (Å²) < 4.78 is 0. The third kappa shape index (κ3) is 1.62. The van der Waals surface area contributed by atoms with Gasteiger partial charge in [-0.2, -0.15) is 0 Å². The average Bonchev–Trinajstić information content (AvgIpc) is 2.27. The van der Waals surface area contributed by atoms with E-state index >= 15 is 0 Å². The quantitative estimate of drug-likeness (QED) is 0.612. The molecule has 0 bridgehead atoms. The second kappa shape index (κ2) is 3.58. The lowest BCUT2D eigenvalue weighted by atomic mass is 9.81. The summed E-state index contributed by atoms with van der Waals surface area (Å²) in [5.74, 6) is 0. The van der Waals surface area contributed by atoms with E-state index in [0.717, 1.165) is 6.04 Å². The highest BCUT2D eigenvalue weighted by Gasteiger charge is 2.40. The van der Waals surface area contributed by atoms with Gasteiger partial charge in [-0.1, -0.05) is 6.42 Å². The molecule has 2 aliphatic heterocycles. The molecule has 0 spiro atoms. The molecule has 2 rings (SSSR count). The van der Waals surface area contributed by atoms with Crippen molar-refractivity contribution >= 4 is 0 Å². The lowest BCUT2D eigenvalue weighted by Gasteiger charge is -2.47. The van der Waals surface area contributed by atoms with Crippen LogP contribution in [0.5, 0.6) is 0 Å². The van der Waals surface area contributed by atoms with Gasteiger partial charge in [-0.15, -0.1) is 0 Å². The van der Waals surface area contributed by atoms with Crippen molar-refractivity contribution in [3.63, 3.8) is 0 Å². The zero-order valence-electron chi connectivity index (χ0n) is 8.97. The Hall–Kier alpha value is -0.0800. The predicted octanol–water partition coefficient (Wildman–Crippen LogP) is 1.61. The fourth-order valence-electron chi connectivity index (χ4n) is 2.94. The van der Waals surface area contributed by atoms with E-state index in [9.17, 15) is 0 Å². The Bertz CT molecular complexity index is 181. The van der Waals surface area contributed by atoms with E-state index in [4.69, 9.17) is 0 Å². The van der Waals surface area contributed by atoms with E-state index < -0.39 is 0 Å². The van der Waals surface area contributed by atoms with Gasteiger partial charge in [0.15, 0.2) is 0 Å². The Morgan fingerprint density at radius 2 is 2.15 bits per heavy atom. The van der Waals surface area contributed by atoms with Gasteiger partial charge in [0.25, 0.3) is 0 Å². The van der Waals surface area contributed by atoms with E-state index in [1.807, 2.05) is 0 Å². The minimum Gasteiger partial charge on any atom is -0.312 e. The van der Waals surface area contributed by atoms with Gasteiger partial charge in [0, 0.05) is 11.6 Å². The third-order valence-electron chi connectivity index (χ3n) is 4.11. The topological polar surface area (TPSA) is 15.3 Å². The third-order valence-corrected chi connectivity index (χ3v) is 4.11. The molecular formula is C11H22N2. The average molecular weight is 182 g/mol. The lowest BCUT2D eigenvalue weighted by Crippen LogP contribution is -2.60. The number of nitrogens with zero attached hydrogens (tertiary/aromatic N) is 1. The molecule has 2 nitrogen and oxygen atoms in total. The zero-order valence-corrected chi connectivity index (χ0v) is 8.97. The molecule has 0 amide bonds. The van der Waals surface area contributed by atoms with Crippen molar-refractivity contribution in [2.75, 3.05) is 20.1 Å². The highest BCUT2D eigenvalue weighted by molar-refractivity contribution is 5.00. The predicted molar refractivity (Wildman–Crippen MR) is 55.9 cm³/mol. The number of likely N-dealkylation sites (N-methyl/N-ethyl adjacent to an activating group) is 1. The Morgan fingerprint density at radius 1 is 1.31 bits per heavy atom. The van der Waals surface area contributed by atoms with E-state index in [2.05, 4.69) is 24.2 Å². The lowest BCUT2D eigenvalue weighted by molar-refractivity contribution is 0.0718. The molecule has 1 N–H and O–H groups in total. The summed E-state index contributed by atoms with van der Waals surface area (Å²) in [6.45, 7) is 4.96. The highest BCUT2D eigenvalue weighted by Crippen LogP contribution is 2.32. The molecule has 13 heavy (non-hydrogen) atoms. The van der Waals surface area contributed by atoms with Crippen molar-refractivity contribution < 1.29 is 0 Å². The van der Waals surface area contributed by atoms with Crippen LogP contribution in [0.1, 0.15) is 39.0 Å². The van der Waals surface area contributed by atoms with Crippen LogP contribution in [0, 0.1) is 0 Å². The number of likely N-dealkylation sites (tertiary alicyclic amines) is 1. The van der Waals surface area contributed by atoms with Gasteiger partial charge in [-0.25, -0.2) is 0 Å². The molecule has 0 aromatic rings. The first-order valence-corrected chi connectivity index (χ1v) is 5.68. The summed E-state index contributed by atoms with van der Waals surface area (Å²) in [4.78, 5) is 2.58. The van der Waals surface area contributed by atoms with Gasteiger partial charge >= 0.3 is 0 Å². The van der Waals surface area contributed by atoms with E-state index in [0.29, 0.717) is 5.54 Å². The molecular weight excluding hydrogens is 160 g/mol. The van der Waals surface area contributed by atoms with Gasteiger partial charge < -0.3 is 5.32 Å². The molecule has 76 valence electrons. The Balaban J connectivity index is 2.16. The molecule has 0 radical (unpaired) electrons. The van der Waals surface area contributed by atoms with Gasteiger partial charge in [-0.3, -0.25) is 4.90 Å². The van der Waals surface area contributed by atoms with Crippen molar-refractivity contribution in [3.8, 4) is 0 Å². The largest absolute Gasteiger partial charge is 0.312 e.